The molecule has 35 heavy (non-hydrogen) atoms. The van der Waals surface area contributed by atoms with E-state index in [1.807, 2.05) is 0 Å². The van der Waals surface area contributed by atoms with E-state index in [1.165, 1.54) is 21.2 Å². The van der Waals surface area contributed by atoms with Crippen molar-refractivity contribution >= 4 is 47.0 Å². The van der Waals surface area contributed by atoms with Crippen molar-refractivity contribution in [1.82, 2.24) is 25.0 Å². The number of rotatable bonds is 8. The second-order valence-corrected chi connectivity index (χ2v) is 9.78. The zero-order valence-electron chi connectivity index (χ0n) is 18.5. The number of β-lactam (4-membered cyclic amide) rings is 1. The average Bonchev–Trinajstić information content (AvgIpc) is 2.83. The number of nitrogens with zero attached hydrogens (tertiary/aromatic N) is 4. The van der Waals surface area contributed by atoms with E-state index in [9.17, 15) is 29.4 Å². The van der Waals surface area contributed by atoms with E-state index in [-0.39, 0.29) is 35.5 Å². The van der Waals surface area contributed by atoms with Gasteiger partial charge in [0.15, 0.2) is 5.16 Å². The molecule has 0 saturated carbocycles. The Kier molecular flexibility index (Phi) is 7.03. The molecular formula is C21H22N6O6S2. The fraction of sp³-hybridized carbons (Fsp3) is 0.333. The van der Waals surface area contributed by atoms with Crippen LogP contribution in [-0.2, 0) is 27.3 Å². The van der Waals surface area contributed by atoms with Crippen molar-refractivity contribution < 1.29 is 24.6 Å². The standard InChI is InChI=1S/C21H22N6O6S2/c1-2-26-18(31)16(29)24-25-21(26)35-9-11-8-34-19-14(17(30)27(19)15(11)20(32)33)23-13(28)7-10-5-3-4-6-12(10)22/h3-6,14,19H,2,7-9,22H2,1H3,(H,23,28)(H,24,29)(H,32,33)/t14?,19-/m1/s1. The van der Waals surface area contributed by atoms with Gasteiger partial charge in [-0.15, -0.1) is 22.0 Å². The van der Waals surface area contributed by atoms with E-state index in [4.69, 9.17) is 5.73 Å². The summed E-state index contributed by atoms with van der Waals surface area (Å²) < 4.78 is 1.23. The Balaban J connectivity index is 1.47. The molecule has 4 rings (SSSR count). The summed E-state index contributed by atoms with van der Waals surface area (Å²) in [5, 5.41) is 28.9. The zero-order valence-corrected chi connectivity index (χ0v) is 20.1. The van der Waals surface area contributed by atoms with E-state index >= 15 is 0 Å². The number of para-hydroxylation sites is 1. The van der Waals surface area contributed by atoms with Gasteiger partial charge >= 0.3 is 11.5 Å². The topological polar surface area (TPSA) is 181 Å². The largest absolute Gasteiger partial charge is 0.488 e. The first kappa shape index (κ1) is 24.6. The molecule has 2 atom stereocenters. The minimum atomic E-state index is -1.26. The molecule has 1 saturated heterocycles. The predicted molar refractivity (Wildman–Crippen MR) is 129 cm³/mol. The van der Waals surface area contributed by atoms with E-state index in [0.29, 0.717) is 22.6 Å². The first-order chi connectivity index (χ1) is 16.7. The highest BCUT2D eigenvalue weighted by molar-refractivity contribution is 8.01. The lowest BCUT2D eigenvalue weighted by Crippen LogP contribution is -2.70. The van der Waals surface area contributed by atoms with Gasteiger partial charge in [0.25, 0.3) is 11.8 Å². The molecule has 0 spiro atoms. The number of hydrogen-bond donors (Lipinski definition) is 4. The lowest BCUT2D eigenvalue weighted by molar-refractivity contribution is -0.150. The van der Waals surface area contributed by atoms with Crippen molar-refractivity contribution in [2.75, 3.05) is 17.2 Å². The molecule has 12 nitrogen and oxygen atoms in total. The molecule has 3 heterocycles. The van der Waals surface area contributed by atoms with Gasteiger partial charge in [0, 0.05) is 23.7 Å². The van der Waals surface area contributed by atoms with Crippen molar-refractivity contribution in [2.45, 2.75) is 36.5 Å². The molecule has 1 unspecified atom stereocenters. The molecule has 0 bridgehead atoms. The molecule has 0 radical (unpaired) electrons. The van der Waals surface area contributed by atoms with Crippen LogP contribution >= 0.6 is 23.5 Å². The number of nitrogen functional groups attached to an aromatic ring is 1. The molecule has 1 aromatic carbocycles. The van der Waals surface area contributed by atoms with Gasteiger partial charge in [-0.2, -0.15) is 0 Å². The Morgan fingerprint density at radius 3 is 2.71 bits per heavy atom. The van der Waals surface area contributed by atoms with Gasteiger partial charge in [-0.25, -0.2) is 4.79 Å². The highest BCUT2D eigenvalue weighted by atomic mass is 32.2. The van der Waals surface area contributed by atoms with Crippen LogP contribution in [0.3, 0.4) is 0 Å². The average molecular weight is 519 g/mol. The van der Waals surface area contributed by atoms with E-state index < -0.39 is 34.7 Å². The lowest BCUT2D eigenvalue weighted by atomic mass is 10.0. The molecule has 2 aliphatic rings. The summed E-state index contributed by atoms with van der Waals surface area (Å²) in [6.45, 7) is 1.95. The summed E-state index contributed by atoms with van der Waals surface area (Å²) >= 11 is 2.43. The molecule has 2 aromatic rings. The summed E-state index contributed by atoms with van der Waals surface area (Å²) in [5.74, 6) is -2.41. The lowest BCUT2D eigenvalue weighted by Gasteiger charge is -2.49. The number of nitrogens with two attached hydrogens (primary N) is 1. The summed E-state index contributed by atoms with van der Waals surface area (Å²) in [7, 11) is 0. The fourth-order valence-corrected chi connectivity index (χ4v) is 6.30. The number of aliphatic carboxylic acids is 1. The Labute approximate surface area is 207 Å². The maximum absolute atomic E-state index is 12.8. The van der Waals surface area contributed by atoms with Crippen LogP contribution in [0.25, 0.3) is 0 Å². The van der Waals surface area contributed by atoms with Gasteiger partial charge in [-0.3, -0.25) is 23.9 Å². The normalized spacial score (nSPS) is 19.2. The van der Waals surface area contributed by atoms with Crippen molar-refractivity contribution in [1.29, 1.82) is 0 Å². The molecular weight excluding hydrogens is 496 g/mol. The van der Waals surface area contributed by atoms with Gasteiger partial charge in [-0.05, 0) is 24.1 Å². The summed E-state index contributed by atoms with van der Waals surface area (Å²) in [6, 6.07) is 6.09. The zero-order chi connectivity index (χ0) is 25.3. The van der Waals surface area contributed by atoms with Gasteiger partial charge in [0.2, 0.25) is 5.91 Å². The number of benzene rings is 1. The number of carbonyl (C=O) groups is 3. The number of carboxylic acids is 1. The monoisotopic (exact) mass is 518 g/mol. The van der Waals surface area contributed by atoms with Crippen LogP contribution in [0.1, 0.15) is 12.5 Å². The van der Waals surface area contributed by atoms with Gasteiger partial charge in [0.05, 0.1) is 6.42 Å². The highest BCUT2D eigenvalue weighted by Crippen LogP contribution is 2.41. The third-order valence-electron chi connectivity index (χ3n) is 5.56. The van der Waals surface area contributed by atoms with Crippen molar-refractivity contribution in [2.24, 2.45) is 0 Å². The van der Waals surface area contributed by atoms with Crippen molar-refractivity contribution in [3.05, 3.63) is 51.5 Å². The second-order valence-electron chi connectivity index (χ2n) is 7.73. The Morgan fingerprint density at radius 2 is 2.03 bits per heavy atom. The maximum Gasteiger partial charge on any atom is 0.352 e. The van der Waals surface area contributed by atoms with Crippen LogP contribution in [0.15, 0.2) is 45.5 Å². The van der Waals surface area contributed by atoms with E-state index in [2.05, 4.69) is 15.5 Å². The molecule has 1 fully saturated rings. The smallest absolute Gasteiger partial charge is 0.352 e. The number of carboxylic acid groups (broad SMARTS) is 1. The Bertz CT molecular complexity index is 1300. The number of aromatic hydroxyl groups is 1. The van der Waals surface area contributed by atoms with Crippen LogP contribution in [0, 0.1) is 0 Å². The van der Waals surface area contributed by atoms with E-state index in [0.717, 1.165) is 11.8 Å². The minimum Gasteiger partial charge on any atom is -0.488 e. The Hall–Kier alpha value is -3.52. The van der Waals surface area contributed by atoms with Gasteiger partial charge in [0.1, 0.15) is 17.1 Å². The molecule has 184 valence electrons. The number of anilines is 1. The number of fused-ring (bicyclic) bond motifs is 1. The number of carbonyl (C=O) groups excluding carboxylic acids is 2. The molecule has 2 aliphatic heterocycles. The summed E-state index contributed by atoms with van der Waals surface area (Å²) in [5.41, 5.74) is 6.64. The summed E-state index contributed by atoms with van der Waals surface area (Å²) in [6.07, 6.45) is 0.00412. The molecule has 5 N–H and O–H groups in total. The van der Waals surface area contributed by atoms with Crippen LogP contribution in [0.4, 0.5) is 5.69 Å². The molecule has 2 amide bonds. The third kappa shape index (κ3) is 4.71. The van der Waals surface area contributed by atoms with Crippen molar-refractivity contribution in [3.8, 4) is 5.88 Å². The molecule has 14 heteroatoms. The van der Waals surface area contributed by atoms with Crippen LogP contribution in [0.2, 0.25) is 0 Å². The quantitative estimate of drug-likeness (QED) is 0.210. The number of hydrogen-bond acceptors (Lipinski definition) is 10. The number of nitrogens with one attached hydrogen (secondary N) is 1. The van der Waals surface area contributed by atoms with Gasteiger partial charge in [-0.1, -0.05) is 30.0 Å². The van der Waals surface area contributed by atoms with Crippen LogP contribution in [0.5, 0.6) is 5.88 Å². The Morgan fingerprint density at radius 1 is 1.29 bits per heavy atom. The fourth-order valence-electron chi connectivity index (χ4n) is 3.82. The predicted octanol–water partition coefficient (Wildman–Crippen LogP) is 0.0194. The number of aromatic nitrogens is 3. The van der Waals surface area contributed by atoms with Crippen LogP contribution < -0.4 is 16.6 Å². The number of thioether (sulfide) groups is 2. The second kappa shape index (κ2) is 10.00. The number of amides is 2. The summed E-state index contributed by atoms with van der Waals surface area (Å²) in [4.78, 5) is 50.6. The van der Waals surface area contributed by atoms with E-state index in [1.54, 1.807) is 31.2 Å². The molecule has 0 aliphatic carbocycles. The maximum atomic E-state index is 12.8. The third-order valence-corrected chi connectivity index (χ3v) is 7.95. The first-order valence-electron chi connectivity index (χ1n) is 10.5. The van der Waals surface area contributed by atoms with Gasteiger partial charge < -0.3 is 21.3 Å². The highest BCUT2D eigenvalue weighted by Gasteiger charge is 2.54. The van der Waals surface area contributed by atoms with Crippen molar-refractivity contribution in [3.63, 3.8) is 0 Å². The molecule has 1 aromatic heterocycles. The minimum absolute atomic E-state index is 0.00412. The van der Waals surface area contributed by atoms with Crippen LogP contribution in [-0.4, -0.2) is 70.6 Å². The first-order valence-corrected chi connectivity index (χ1v) is 12.6. The SMILES string of the molecule is CCn1c(SCC2=C(C(=O)O)N3C(=O)C(NC(=O)Cc4ccccc4N)[C@H]3SC2)nnc(O)c1=O.